The van der Waals surface area contributed by atoms with Crippen LogP contribution in [0.1, 0.15) is 70.6 Å². The summed E-state index contributed by atoms with van der Waals surface area (Å²) in [6.45, 7) is 0.720. The first kappa shape index (κ1) is 17.7. The predicted molar refractivity (Wildman–Crippen MR) is 77.0 cm³/mol. The van der Waals surface area contributed by atoms with E-state index in [9.17, 15) is 4.79 Å². The Morgan fingerprint density at radius 2 is 1.61 bits per heavy atom. The molecule has 1 rings (SSSR count). The number of carbonyl (C=O) groups is 1. The second-order valence-electron chi connectivity index (χ2n) is 5.06. The maximum absolute atomic E-state index is 11.6. The van der Waals surface area contributed by atoms with E-state index in [0.29, 0.717) is 6.42 Å². The van der Waals surface area contributed by atoms with Crippen LogP contribution in [0.4, 0.5) is 0 Å². The summed E-state index contributed by atoms with van der Waals surface area (Å²) in [5.41, 5.74) is 5.41. The van der Waals surface area contributed by atoms with Gasteiger partial charge in [-0.1, -0.05) is 25.7 Å². The van der Waals surface area contributed by atoms with Gasteiger partial charge in [-0.05, 0) is 45.1 Å². The van der Waals surface area contributed by atoms with E-state index in [1.165, 1.54) is 32.1 Å². The lowest BCUT2D eigenvalue weighted by atomic mass is 9.98. The van der Waals surface area contributed by atoms with Crippen molar-refractivity contribution in [1.82, 2.24) is 0 Å². The summed E-state index contributed by atoms with van der Waals surface area (Å²) in [4.78, 5) is 11.6. The molecular weight excluding hydrogens is 250 g/mol. The summed E-state index contributed by atoms with van der Waals surface area (Å²) in [6.07, 6.45) is 12.2. The highest BCUT2D eigenvalue weighted by Crippen LogP contribution is 2.20. The van der Waals surface area contributed by atoms with Crippen LogP contribution in [0.2, 0.25) is 0 Å². The molecule has 18 heavy (non-hydrogen) atoms. The van der Waals surface area contributed by atoms with Crippen LogP contribution < -0.4 is 5.73 Å². The van der Waals surface area contributed by atoms with Gasteiger partial charge in [-0.3, -0.25) is 4.79 Å². The van der Waals surface area contributed by atoms with E-state index < -0.39 is 0 Å². The fraction of sp³-hybridized carbons (Fsp3) is 0.929. The number of rotatable bonds is 6. The molecule has 0 bridgehead atoms. The highest BCUT2D eigenvalue weighted by atomic mass is 35.5. The summed E-state index contributed by atoms with van der Waals surface area (Å²) < 4.78 is 5.54. The lowest BCUT2D eigenvalue weighted by Crippen LogP contribution is -2.19. The van der Waals surface area contributed by atoms with E-state index in [0.717, 1.165) is 38.6 Å². The zero-order chi connectivity index (χ0) is 12.3. The van der Waals surface area contributed by atoms with Crippen LogP contribution in [0.25, 0.3) is 0 Å². The molecular formula is C14H28ClNO2. The molecule has 0 aromatic carbocycles. The molecule has 0 atom stereocenters. The van der Waals surface area contributed by atoms with Crippen LogP contribution in [0, 0.1) is 0 Å². The van der Waals surface area contributed by atoms with Gasteiger partial charge < -0.3 is 10.5 Å². The molecule has 0 spiro atoms. The number of nitrogens with two attached hydrogens (primary N) is 1. The molecule has 2 N–H and O–H groups in total. The summed E-state index contributed by atoms with van der Waals surface area (Å²) >= 11 is 0. The van der Waals surface area contributed by atoms with Gasteiger partial charge in [-0.25, -0.2) is 0 Å². The Kier molecular flexibility index (Phi) is 11.6. The standard InChI is InChI=1S/C14H27NO2.ClH/c15-12-8-4-7-11-14(16)17-13-9-5-2-1-3-6-10-13;/h13H,1-12,15H2;1H. The average molecular weight is 278 g/mol. The smallest absolute Gasteiger partial charge is 0.306 e. The molecule has 1 fully saturated rings. The van der Waals surface area contributed by atoms with Crippen LogP contribution in [0.15, 0.2) is 0 Å². The second kappa shape index (κ2) is 11.8. The van der Waals surface area contributed by atoms with Gasteiger partial charge in [0.1, 0.15) is 6.10 Å². The quantitative estimate of drug-likeness (QED) is 0.596. The first-order valence-electron chi connectivity index (χ1n) is 7.22. The molecule has 0 amide bonds. The van der Waals surface area contributed by atoms with Crippen molar-refractivity contribution < 1.29 is 9.53 Å². The minimum absolute atomic E-state index is 0. The Morgan fingerprint density at radius 3 is 2.22 bits per heavy atom. The summed E-state index contributed by atoms with van der Waals surface area (Å²) in [5.74, 6) is -0.00686. The number of hydrogen-bond donors (Lipinski definition) is 1. The highest BCUT2D eigenvalue weighted by molar-refractivity contribution is 5.85. The van der Waals surface area contributed by atoms with Crippen molar-refractivity contribution in [2.24, 2.45) is 5.73 Å². The molecule has 0 aliphatic heterocycles. The van der Waals surface area contributed by atoms with E-state index in [-0.39, 0.29) is 24.5 Å². The number of ether oxygens (including phenoxy) is 1. The van der Waals surface area contributed by atoms with Gasteiger partial charge in [0.2, 0.25) is 0 Å². The highest BCUT2D eigenvalue weighted by Gasteiger charge is 2.15. The van der Waals surface area contributed by atoms with Crippen LogP contribution in [-0.2, 0) is 9.53 Å². The SMILES string of the molecule is Cl.NCCCCCC(=O)OC1CCCCCCC1. The third kappa shape index (κ3) is 8.76. The molecule has 0 unspecified atom stereocenters. The average Bonchev–Trinajstić information content (AvgIpc) is 2.28. The van der Waals surface area contributed by atoms with Gasteiger partial charge in [-0.15, -0.1) is 12.4 Å². The van der Waals surface area contributed by atoms with Crippen LogP contribution in [0.3, 0.4) is 0 Å². The fourth-order valence-electron chi connectivity index (χ4n) is 2.37. The summed E-state index contributed by atoms with van der Waals surface area (Å²) in [7, 11) is 0. The maximum atomic E-state index is 11.6. The summed E-state index contributed by atoms with van der Waals surface area (Å²) in [6, 6.07) is 0. The van der Waals surface area contributed by atoms with E-state index >= 15 is 0 Å². The zero-order valence-corrected chi connectivity index (χ0v) is 12.2. The molecule has 1 aliphatic carbocycles. The van der Waals surface area contributed by atoms with Crippen molar-refractivity contribution in [2.75, 3.05) is 6.54 Å². The predicted octanol–water partition coefficient (Wildman–Crippen LogP) is 3.58. The third-order valence-corrected chi connectivity index (χ3v) is 3.44. The monoisotopic (exact) mass is 277 g/mol. The van der Waals surface area contributed by atoms with Gasteiger partial charge in [0.25, 0.3) is 0 Å². The van der Waals surface area contributed by atoms with Crippen molar-refractivity contribution in [2.45, 2.75) is 76.7 Å². The molecule has 1 saturated carbocycles. The van der Waals surface area contributed by atoms with Crippen LogP contribution in [0.5, 0.6) is 0 Å². The fourth-order valence-corrected chi connectivity index (χ4v) is 2.37. The molecule has 0 aromatic heterocycles. The number of hydrogen-bond acceptors (Lipinski definition) is 3. The molecule has 0 aromatic rings. The maximum Gasteiger partial charge on any atom is 0.306 e. The van der Waals surface area contributed by atoms with E-state index in [1.54, 1.807) is 0 Å². The first-order chi connectivity index (χ1) is 8.33. The number of unbranched alkanes of at least 4 members (excludes halogenated alkanes) is 2. The molecule has 0 heterocycles. The Hall–Kier alpha value is -0.280. The lowest BCUT2D eigenvalue weighted by molar-refractivity contribution is -0.150. The normalized spacial score (nSPS) is 17.4. The van der Waals surface area contributed by atoms with Gasteiger partial charge in [0.05, 0.1) is 0 Å². The van der Waals surface area contributed by atoms with Crippen molar-refractivity contribution in [3.63, 3.8) is 0 Å². The first-order valence-corrected chi connectivity index (χ1v) is 7.22. The number of esters is 1. The van der Waals surface area contributed by atoms with Gasteiger partial charge in [0, 0.05) is 6.42 Å². The van der Waals surface area contributed by atoms with Crippen molar-refractivity contribution >= 4 is 18.4 Å². The largest absolute Gasteiger partial charge is 0.462 e. The Balaban J connectivity index is 0.00000289. The third-order valence-electron chi connectivity index (χ3n) is 3.44. The minimum Gasteiger partial charge on any atom is -0.462 e. The van der Waals surface area contributed by atoms with Crippen molar-refractivity contribution in [3.05, 3.63) is 0 Å². The van der Waals surface area contributed by atoms with Gasteiger partial charge >= 0.3 is 5.97 Å². The molecule has 4 heteroatoms. The number of carbonyl (C=O) groups excluding carboxylic acids is 1. The van der Waals surface area contributed by atoms with Crippen LogP contribution >= 0.6 is 12.4 Å². The molecule has 0 radical (unpaired) electrons. The van der Waals surface area contributed by atoms with Gasteiger partial charge in [-0.2, -0.15) is 0 Å². The van der Waals surface area contributed by atoms with Crippen LogP contribution in [-0.4, -0.2) is 18.6 Å². The summed E-state index contributed by atoms with van der Waals surface area (Å²) in [5, 5.41) is 0. The number of halogens is 1. The Morgan fingerprint density at radius 1 is 1.00 bits per heavy atom. The molecule has 3 nitrogen and oxygen atoms in total. The molecule has 1 aliphatic rings. The zero-order valence-electron chi connectivity index (χ0n) is 11.4. The Bertz CT molecular complexity index is 204. The van der Waals surface area contributed by atoms with Crippen molar-refractivity contribution in [3.8, 4) is 0 Å². The molecule has 0 saturated heterocycles. The van der Waals surface area contributed by atoms with Crippen molar-refractivity contribution in [1.29, 1.82) is 0 Å². The van der Waals surface area contributed by atoms with Gasteiger partial charge in [0.15, 0.2) is 0 Å². The Labute approximate surface area is 117 Å². The van der Waals surface area contributed by atoms with E-state index in [2.05, 4.69) is 0 Å². The second-order valence-corrected chi connectivity index (χ2v) is 5.06. The van der Waals surface area contributed by atoms with E-state index in [1.807, 2.05) is 0 Å². The minimum atomic E-state index is -0.00686. The lowest BCUT2D eigenvalue weighted by Gasteiger charge is -2.20. The molecule has 108 valence electrons. The van der Waals surface area contributed by atoms with E-state index in [4.69, 9.17) is 10.5 Å². The topological polar surface area (TPSA) is 52.3 Å².